The first-order valence-corrected chi connectivity index (χ1v) is 10.5. The van der Waals surface area contributed by atoms with Crippen molar-refractivity contribution in [3.05, 3.63) is 72.1 Å². The van der Waals surface area contributed by atoms with Crippen molar-refractivity contribution in [3.8, 4) is 17.2 Å². The van der Waals surface area contributed by atoms with E-state index >= 15 is 0 Å². The number of methoxy groups -OCH3 is 2. The van der Waals surface area contributed by atoms with E-state index in [-0.39, 0.29) is 17.6 Å². The van der Waals surface area contributed by atoms with Gasteiger partial charge in [0.15, 0.2) is 11.4 Å². The van der Waals surface area contributed by atoms with E-state index in [1.54, 1.807) is 25.1 Å². The second-order valence-electron chi connectivity index (χ2n) is 7.57. The number of benzene rings is 2. The Hall–Kier alpha value is -3.32. The van der Waals surface area contributed by atoms with Crippen LogP contribution in [0, 0.1) is 0 Å². The lowest BCUT2D eigenvalue weighted by atomic mass is 10.1. The summed E-state index contributed by atoms with van der Waals surface area (Å²) in [7, 11) is 3.21. The van der Waals surface area contributed by atoms with Crippen LogP contribution in [-0.4, -0.2) is 54.4 Å². The molecule has 31 heavy (non-hydrogen) atoms. The highest BCUT2D eigenvalue weighted by atomic mass is 16.5. The maximum absolute atomic E-state index is 13.0. The average Bonchev–Trinajstić information content (AvgIpc) is 3.50. The number of carbonyl (C=O) groups excluding carboxylic acids is 1. The average molecular weight is 421 g/mol. The highest BCUT2D eigenvalue weighted by Crippen LogP contribution is 2.27. The smallest absolute Gasteiger partial charge is 0.275 e. The monoisotopic (exact) mass is 420 g/mol. The van der Waals surface area contributed by atoms with E-state index in [2.05, 4.69) is 27.4 Å². The lowest BCUT2D eigenvalue weighted by Gasteiger charge is -2.28. The van der Waals surface area contributed by atoms with Crippen LogP contribution in [0.2, 0.25) is 0 Å². The molecule has 0 unspecified atom stereocenters. The van der Waals surface area contributed by atoms with Gasteiger partial charge in [0.1, 0.15) is 5.75 Å². The molecule has 3 aromatic rings. The zero-order valence-corrected chi connectivity index (χ0v) is 18.0. The molecule has 2 heterocycles. The molecule has 1 aliphatic heterocycles. The molecule has 1 atom stereocenters. The fourth-order valence-electron chi connectivity index (χ4n) is 3.99. The number of rotatable bonds is 8. The van der Waals surface area contributed by atoms with Crippen LogP contribution in [0.4, 0.5) is 0 Å². The molecule has 1 fully saturated rings. The summed E-state index contributed by atoms with van der Waals surface area (Å²) >= 11 is 0. The molecular weight excluding hydrogens is 392 g/mol. The van der Waals surface area contributed by atoms with Gasteiger partial charge >= 0.3 is 0 Å². The summed E-state index contributed by atoms with van der Waals surface area (Å²) in [5, 5.41) is 7.55. The Morgan fingerprint density at radius 2 is 1.74 bits per heavy atom. The van der Waals surface area contributed by atoms with E-state index in [9.17, 15) is 4.79 Å². The third kappa shape index (κ3) is 4.72. The van der Waals surface area contributed by atoms with Gasteiger partial charge < -0.3 is 14.8 Å². The number of ether oxygens (including phenoxy) is 2. The molecular formula is C24H28N4O3. The Bertz CT molecular complexity index is 995. The number of aromatic nitrogens is 2. The Labute approximate surface area is 182 Å². The Morgan fingerprint density at radius 3 is 2.39 bits per heavy atom. The van der Waals surface area contributed by atoms with E-state index in [1.807, 2.05) is 42.5 Å². The topological polar surface area (TPSA) is 68.6 Å². The van der Waals surface area contributed by atoms with Crippen LogP contribution < -0.4 is 14.8 Å². The number of nitrogens with zero attached hydrogens (tertiary/aromatic N) is 3. The lowest BCUT2D eigenvalue weighted by Crippen LogP contribution is -2.37. The second-order valence-corrected chi connectivity index (χ2v) is 7.57. The van der Waals surface area contributed by atoms with Gasteiger partial charge in [-0.15, -0.1) is 0 Å². The van der Waals surface area contributed by atoms with Gasteiger partial charge in [-0.1, -0.05) is 30.3 Å². The molecule has 4 rings (SSSR count). The summed E-state index contributed by atoms with van der Waals surface area (Å²) in [6.07, 6.45) is 4.08. The molecule has 7 heteroatoms. The molecule has 0 bridgehead atoms. The maximum atomic E-state index is 13.0. The van der Waals surface area contributed by atoms with Gasteiger partial charge in [-0.05, 0) is 55.8 Å². The summed E-state index contributed by atoms with van der Waals surface area (Å²) in [6, 6.07) is 17.8. The van der Waals surface area contributed by atoms with Crippen molar-refractivity contribution in [2.24, 2.45) is 0 Å². The van der Waals surface area contributed by atoms with Crippen LogP contribution in [0.15, 0.2) is 60.8 Å². The first-order chi connectivity index (χ1) is 15.2. The summed E-state index contributed by atoms with van der Waals surface area (Å²) < 4.78 is 12.4. The van der Waals surface area contributed by atoms with Gasteiger partial charge in [-0.25, -0.2) is 4.68 Å². The maximum Gasteiger partial charge on any atom is 0.275 e. The third-order valence-electron chi connectivity index (χ3n) is 5.67. The third-order valence-corrected chi connectivity index (χ3v) is 5.67. The largest absolute Gasteiger partial charge is 0.497 e. The van der Waals surface area contributed by atoms with Crippen LogP contribution in [0.3, 0.4) is 0 Å². The summed E-state index contributed by atoms with van der Waals surface area (Å²) in [6.45, 7) is 2.55. The standard InChI is InChI=1S/C24H28N4O3/c1-30-20-12-10-18(11-13-20)21(27-14-6-7-15-27)16-25-24(29)23-22(31-2)17-28(26-23)19-8-4-3-5-9-19/h3-5,8-13,17,21H,6-7,14-16H2,1-2H3,(H,25,29)/t21-/m0/s1. The van der Waals surface area contributed by atoms with Gasteiger partial charge in [0.25, 0.3) is 5.91 Å². The Morgan fingerprint density at radius 1 is 1.03 bits per heavy atom. The summed E-state index contributed by atoms with van der Waals surface area (Å²) in [5.74, 6) is 1.02. The molecule has 0 radical (unpaired) electrons. The number of carbonyl (C=O) groups is 1. The fourth-order valence-corrected chi connectivity index (χ4v) is 3.99. The molecule has 0 saturated carbocycles. The highest BCUT2D eigenvalue weighted by Gasteiger charge is 2.25. The predicted octanol–water partition coefficient (Wildman–Crippen LogP) is 3.46. The minimum absolute atomic E-state index is 0.0968. The zero-order chi connectivity index (χ0) is 21.6. The van der Waals surface area contributed by atoms with Crippen LogP contribution in [-0.2, 0) is 0 Å². The van der Waals surface area contributed by atoms with Gasteiger partial charge in [-0.2, -0.15) is 5.10 Å². The van der Waals surface area contributed by atoms with E-state index in [0.29, 0.717) is 12.3 Å². The highest BCUT2D eigenvalue weighted by molar-refractivity contribution is 5.95. The molecule has 1 saturated heterocycles. The molecule has 1 N–H and O–H groups in total. The van der Waals surface area contributed by atoms with E-state index in [0.717, 1.165) is 30.1 Å². The zero-order valence-electron chi connectivity index (χ0n) is 18.0. The first kappa shape index (κ1) is 20.9. The van der Waals surface area contributed by atoms with Gasteiger partial charge in [-0.3, -0.25) is 9.69 Å². The first-order valence-electron chi connectivity index (χ1n) is 10.5. The van der Waals surface area contributed by atoms with Crippen LogP contribution >= 0.6 is 0 Å². The van der Waals surface area contributed by atoms with Crippen LogP contribution in [0.1, 0.15) is 34.9 Å². The van der Waals surface area contributed by atoms with Crippen molar-refractivity contribution in [1.82, 2.24) is 20.0 Å². The van der Waals surface area contributed by atoms with Gasteiger partial charge in [0, 0.05) is 6.54 Å². The lowest BCUT2D eigenvalue weighted by molar-refractivity contribution is 0.0929. The minimum Gasteiger partial charge on any atom is -0.497 e. The van der Waals surface area contributed by atoms with E-state index in [1.165, 1.54) is 12.8 Å². The number of likely N-dealkylation sites (tertiary alicyclic amines) is 1. The Kier molecular flexibility index (Phi) is 6.52. The molecule has 0 spiro atoms. The van der Waals surface area contributed by atoms with Crippen molar-refractivity contribution in [2.45, 2.75) is 18.9 Å². The van der Waals surface area contributed by atoms with E-state index < -0.39 is 0 Å². The fraction of sp³-hybridized carbons (Fsp3) is 0.333. The number of hydrogen-bond acceptors (Lipinski definition) is 5. The molecule has 2 aromatic carbocycles. The van der Waals surface area contributed by atoms with Gasteiger partial charge in [0.2, 0.25) is 0 Å². The van der Waals surface area contributed by atoms with Crippen molar-refractivity contribution >= 4 is 5.91 Å². The van der Waals surface area contributed by atoms with Crippen molar-refractivity contribution in [1.29, 1.82) is 0 Å². The van der Waals surface area contributed by atoms with Crippen LogP contribution in [0.25, 0.3) is 5.69 Å². The normalized spacial score (nSPS) is 14.9. The number of para-hydroxylation sites is 1. The number of hydrogen-bond donors (Lipinski definition) is 1. The summed E-state index contributed by atoms with van der Waals surface area (Å²) in [5.41, 5.74) is 2.30. The Balaban J connectivity index is 1.51. The number of amides is 1. The molecule has 7 nitrogen and oxygen atoms in total. The quantitative estimate of drug-likeness (QED) is 0.605. The summed E-state index contributed by atoms with van der Waals surface area (Å²) in [4.78, 5) is 15.4. The molecule has 1 aliphatic rings. The minimum atomic E-state index is -0.246. The van der Waals surface area contributed by atoms with Crippen molar-refractivity contribution in [2.75, 3.05) is 33.9 Å². The van der Waals surface area contributed by atoms with Gasteiger partial charge in [0.05, 0.1) is 32.1 Å². The predicted molar refractivity (Wildman–Crippen MR) is 119 cm³/mol. The van der Waals surface area contributed by atoms with Crippen molar-refractivity contribution < 1.29 is 14.3 Å². The van der Waals surface area contributed by atoms with Crippen molar-refractivity contribution in [3.63, 3.8) is 0 Å². The second kappa shape index (κ2) is 9.66. The molecule has 0 aliphatic carbocycles. The van der Waals surface area contributed by atoms with Crippen LogP contribution in [0.5, 0.6) is 11.5 Å². The van der Waals surface area contributed by atoms with E-state index in [4.69, 9.17) is 9.47 Å². The SMILES string of the molecule is COc1ccc([C@H](CNC(=O)c2nn(-c3ccccc3)cc2OC)N2CCCC2)cc1. The number of nitrogens with one attached hydrogen (secondary N) is 1. The molecule has 1 amide bonds. The molecule has 1 aromatic heterocycles. The molecule has 162 valence electrons.